The predicted octanol–water partition coefficient (Wildman–Crippen LogP) is 5.70. The Bertz CT molecular complexity index is 1100. The maximum absolute atomic E-state index is 5.68. The van der Waals surface area contributed by atoms with Gasteiger partial charge in [-0.3, -0.25) is 0 Å². The van der Waals surface area contributed by atoms with Crippen molar-refractivity contribution in [1.29, 1.82) is 0 Å². The van der Waals surface area contributed by atoms with Crippen LogP contribution in [-0.2, 0) is 0 Å². The van der Waals surface area contributed by atoms with E-state index in [1.807, 2.05) is 36.4 Å². The third-order valence-electron chi connectivity index (χ3n) is 5.06. The number of fused-ring (bicyclic) bond motifs is 1. The summed E-state index contributed by atoms with van der Waals surface area (Å²) in [6.45, 7) is 2.12. The third-order valence-corrected chi connectivity index (χ3v) is 5.06. The number of benzene rings is 3. The van der Waals surface area contributed by atoms with Gasteiger partial charge in [-0.15, -0.1) is 0 Å². The van der Waals surface area contributed by atoms with E-state index >= 15 is 0 Å². The second-order valence-corrected chi connectivity index (χ2v) is 6.76. The molecule has 28 heavy (non-hydrogen) atoms. The van der Waals surface area contributed by atoms with Gasteiger partial charge in [-0.2, -0.15) is 0 Å². The van der Waals surface area contributed by atoms with Crippen LogP contribution in [0.4, 0.5) is 5.69 Å². The van der Waals surface area contributed by atoms with E-state index in [9.17, 15) is 0 Å². The first-order valence-electron chi connectivity index (χ1n) is 9.32. The number of ether oxygens (including phenoxy) is 2. The van der Waals surface area contributed by atoms with Crippen molar-refractivity contribution in [3.8, 4) is 11.5 Å². The number of aryl methyl sites for hydroxylation is 1. The smallest absolute Gasteiger partial charge is 0.124 e. The van der Waals surface area contributed by atoms with Crippen LogP contribution in [0, 0.1) is 6.92 Å². The fourth-order valence-corrected chi connectivity index (χ4v) is 3.76. The van der Waals surface area contributed by atoms with Crippen molar-refractivity contribution in [2.24, 2.45) is 0 Å². The Morgan fingerprint density at radius 3 is 2.46 bits per heavy atom. The number of aromatic nitrogens is 1. The lowest BCUT2D eigenvalue weighted by molar-refractivity contribution is 0.408. The van der Waals surface area contributed by atoms with E-state index in [1.165, 1.54) is 10.9 Å². The van der Waals surface area contributed by atoms with Crippen LogP contribution < -0.4 is 14.8 Å². The van der Waals surface area contributed by atoms with Crippen LogP contribution in [0.5, 0.6) is 11.5 Å². The summed E-state index contributed by atoms with van der Waals surface area (Å²) in [5, 5.41) is 4.90. The minimum absolute atomic E-state index is 0.0839. The molecule has 4 nitrogen and oxygen atoms in total. The normalized spacial score (nSPS) is 12.0. The molecule has 3 aromatic carbocycles. The Hall–Kier alpha value is -3.40. The molecule has 0 unspecified atom stereocenters. The monoisotopic (exact) mass is 372 g/mol. The van der Waals surface area contributed by atoms with E-state index in [4.69, 9.17) is 9.47 Å². The molecule has 0 aliphatic heterocycles. The molecule has 0 saturated heterocycles. The summed E-state index contributed by atoms with van der Waals surface area (Å²) in [5.41, 5.74) is 5.54. The highest BCUT2D eigenvalue weighted by Crippen LogP contribution is 2.38. The number of hydrogen-bond donors (Lipinski definition) is 2. The van der Waals surface area contributed by atoms with Crippen molar-refractivity contribution in [3.05, 3.63) is 89.6 Å². The Morgan fingerprint density at radius 1 is 0.857 bits per heavy atom. The molecule has 0 saturated carbocycles. The van der Waals surface area contributed by atoms with Crippen molar-refractivity contribution in [2.75, 3.05) is 19.5 Å². The average Bonchev–Trinajstić information content (AvgIpc) is 3.07. The van der Waals surface area contributed by atoms with Crippen LogP contribution in [0.3, 0.4) is 0 Å². The van der Waals surface area contributed by atoms with E-state index in [1.54, 1.807) is 14.2 Å². The lowest BCUT2D eigenvalue weighted by Crippen LogP contribution is -2.14. The number of rotatable bonds is 6. The summed E-state index contributed by atoms with van der Waals surface area (Å²) in [6.07, 6.45) is 0. The molecule has 0 aliphatic rings. The summed E-state index contributed by atoms with van der Waals surface area (Å²) in [6, 6.07) is 24.4. The molecule has 0 radical (unpaired) electrons. The second-order valence-electron chi connectivity index (χ2n) is 6.76. The summed E-state index contributed by atoms with van der Waals surface area (Å²) < 4.78 is 11.1. The van der Waals surface area contributed by atoms with Crippen LogP contribution in [-0.4, -0.2) is 19.2 Å². The molecule has 0 spiro atoms. The Kier molecular flexibility index (Phi) is 4.94. The molecule has 4 aromatic rings. The molecule has 1 aromatic heterocycles. The zero-order chi connectivity index (χ0) is 19.5. The van der Waals surface area contributed by atoms with Gasteiger partial charge in [0.2, 0.25) is 0 Å². The number of aromatic amines is 1. The third kappa shape index (κ3) is 3.29. The minimum Gasteiger partial charge on any atom is -0.497 e. The number of H-pyrrole nitrogens is 1. The van der Waals surface area contributed by atoms with E-state index in [0.29, 0.717) is 0 Å². The highest BCUT2D eigenvalue weighted by molar-refractivity contribution is 5.86. The van der Waals surface area contributed by atoms with Gasteiger partial charge in [-0.1, -0.05) is 42.5 Å². The maximum atomic E-state index is 5.68. The van der Waals surface area contributed by atoms with Gasteiger partial charge in [-0.05, 0) is 31.2 Å². The number of anilines is 1. The molecule has 0 amide bonds. The molecular formula is C24H24N2O2. The van der Waals surface area contributed by atoms with Crippen LogP contribution >= 0.6 is 0 Å². The number of para-hydroxylation sites is 2. The summed E-state index contributed by atoms with van der Waals surface area (Å²) in [4.78, 5) is 3.52. The van der Waals surface area contributed by atoms with Crippen LogP contribution in [0.2, 0.25) is 0 Å². The Morgan fingerprint density at radius 2 is 1.64 bits per heavy atom. The van der Waals surface area contributed by atoms with Crippen molar-refractivity contribution >= 4 is 16.6 Å². The van der Waals surface area contributed by atoms with Crippen LogP contribution in [0.25, 0.3) is 10.9 Å². The summed E-state index contributed by atoms with van der Waals surface area (Å²) >= 11 is 0. The fourth-order valence-electron chi connectivity index (χ4n) is 3.76. The van der Waals surface area contributed by atoms with Gasteiger partial charge in [0, 0.05) is 39.5 Å². The molecule has 142 valence electrons. The SMILES string of the molecule is COc1cccc(N[C@@H](c2ccccc2OC)c2c(C)[nH]c3ccccc23)c1. The maximum Gasteiger partial charge on any atom is 0.124 e. The molecular weight excluding hydrogens is 348 g/mol. The first-order chi connectivity index (χ1) is 13.7. The first-order valence-corrected chi connectivity index (χ1v) is 9.32. The number of nitrogens with one attached hydrogen (secondary N) is 2. The van der Waals surface area contributed by atoms with Gasteiger partial charge < -0.3 is 19.8 Å². The topological polar surface area (TPSA) is 46.3 Å². The van der Waals surface area contributed by atoms with Gasteiger partial charge in [0.15, 0.2) is 0 Å². The fraction of sp³-hybridized carbons (Fsp3) is 0.167. The summed E-state index contributed by atoms with van der Waals surface area (Å²) in [7, 11) is 3.39. The second kappa shape index (κ2) is 7.69. The molecule has 0 aliphatic carbocycles. The van der Waals surface area contributed by atoms with Gasteiger partial charge >= 0.3 is 0 Å². The molecule has 0 fully saturated rings. The van der Waals surface area contributed by atoms with Gasteiger partial charge in [0.25, 0.3) is 0 Å². The van der Waals surface area contributed by atoms with Crippen molar-refractivity contribution in [1.82, 2.24) is 4.98 Å². The Balaban J connectivity index is 1.89. The van der Waals surface area contributed by atoms with Crippen molar-refractivity contribution in [3.63, 3.8) is 0 Å². The summed E-state index contributed by atoms with van der Waals surface area (Å²) in [5.74, 6) is 1.67. The van der Waals surface area contributed by atoms with E-state index < -0.39 is 0 Å². The molecule has 1 atom stereocenters. The number of methoxy groups -OCH3 is 2. The largest absolute Gasteiger partial charge is 0.497 e. The standard InChI is InChI=1S/C24H24N2O2/c1-16-23(19-11-4-6-13-21(19)25-16)24(20-12-5-7-14-22(20)28-3)26-17-9-8-10-18(15-17)27-2/h4-15,24-26H,1-3H3/t24-/m0/s1. The highest BCUT2D eigenvalue weighted by Gasteiger charge is 2.23. The van der Waals surface area contributed by atoms with Crippen molar-refractivity contribution < 1.29 is 9.47 Å². The average molecular weight is 372 g/mol. The molecule has 2 N–H and O–H groups in total. The molecule has 1 heterocycles. The molecule has 4 heteroatoms. The van der Waals surface area contributed by atoms with E-state index in [0.717, 1.165) is 34.0 Å². The lowest BCUT2D eigenvalue weighted by atomic mass is 9.95. The van der Waals surface area contributed by atoms with Gasteiger partial charge in [-0.25, -0.2) is 0 Å². The van der Waals surface area contributed by atoms with E-state index in [2.05, 4.69) is 53.6 Å². The Labute approximate surface area is 165 Å². The zero-order valence-electron chi connectivity index (χ0n) is 16.3. The first kappa shape index (κ1) is 18.0. The highest BCUT2D eigenvalue weighted by atomic mass is 16.5. The number of hydrogen-bond acceptors (Lipinski definition) is 3. The lowest BCUT2D eigenvalue weighted by Gasteiger charge is -2.23. The van der Waals surface area contributed by atoms with Crippen molar-refractivity contribution in [2.45, 2.75) is 13.0 Å². The van der Waals surface area contributed by atoms with Gasteiger partial charge in [0.1, 0.15) is 11.5 Å². The molecule has 4 rings (SSSR count). The van der Waals surface area contributed by atoms with Crippen LogP contribution in [0.1, 0.15) is 22.9 Å². The predicted molar refractivity (Wildman–Crippen MR) is 114 cm³/mol. The quantitative estimate of drug-likeness (QED) is 0.457. The molecule has 0 bridgehead atoms. The zero-order valence-corrected chi connectivity index (χ0v) is 16.3. The van der Waals surface area contributed by atoms with Gasteiger partial charge in [0.05, 0.1) is 20.3 Å². The van der Waals surface area contributed by atoms with Crippen LogP contribution in [0.15, 0.2) is 72.8 Å². The minimum atomic E-state index is -0.0839. The van der Waals surface area contributed by atoms with E-state index in [-0.39, 0.29) is 6.04 Å².